The molecular formula is C14H17CoN4O3+3. The molecular weight excluding hydrogens is 331 g/mol. The van der Waals surface area contributed by atoms with Gasteiger partial charge in [-0.2, -0.15) is 0 Å². The van der Waals surface area contributed by atoms with Gasteiger partial charge in [-0.25, -0.2) is 0 Å². The van der Waals surface area contributed by atoms with Gasteiger partial charge in [0.15, 0.2) is 0 Å². The van der Waals surface area contributed by atoms with Crippen LogP contribution in [0.3, 0.4) is 0 Å². The Morgan fingerprint density at radius 2 is 2.00 bits per heavy atom. The molecule has 0 bridgehead atoms. The molecule has 8 heteroatoms. The number of nitrogens with two attached hydrogens (primary N) is 1. The molecule has 2 rings (SSSR count). The number of aromatic nitrogens is 1. The first kappa shape index (κ1) is 19.4. The summed E-state index contributed by atoms with van der Waals surface area (Å²) in [5, 5.41) is 11.2. The maximum atomic E-state index is 8.54. The topological polar surface area (TPSA) is 119 Å². The predicted octanol–water partition coefficient (Wildman–Crippen LogP) is 1.34. The van der Waals surface area contributed by atoms with Crippen molar-refractivity contribution in [3.63, 3.8) is 0 Å². The number of hydrogen-bond acceptors (Lipinski definition) is 3. The summed E-state index contributed by atoms with van der Waals surface area (Å²) in [5.74, 6) is 0.648. The molecule has 1 aromatic carbocycles. The van der Waals surface area contributed by atoms with Crippen LogP contribution >= 0.6 is 0 Å². The Kier molecular flexibility index (Phi) is 9.81. The van der Waals surface area contributed by atoms with Crippen LogP contribution in [0.4, 0.5) is 0 Å². The normalized spacial score (nSPS) is 9.14. The second-order valence-corrected chi connectivity index (χ2v) is 3.65. The van der Waals surface area contributed by atoms with Gasteiger partial charge >= 0.3 is 28.6 Å². The first-order valence-electron chi connectivity index (χ1n) is 5.94. The SMILES string of the molecule is COc1cccc(C=N[N-]C(N)=[OH+])c1[OH2+].[Co+2].c1ccncc1. The summed E-state index contributed by atoms with van der Waals surface area (Å²) >= 11 is 0. The zero-order chi connectivity index (χ0) is 15.5. The molecule has 0 spiro atoms. The van der Waals surface area contributed by atoms with Crippen molar-refractivity contribution in [1.82, 2.24) is 4.98 Å². The summed E-state index contributed by atoms with van der Waals surface area (Å²) in [7, 11) is 1.48. The second kappa shape index (κ2) is 11.1. The fourth-order valence-electron chi connectivity index (χ4n) is 1.29. The molecule has 1 heterocycles. The number of para-hydroxylation sites is 1. The molecule has 2 amide bonds. The smallest absolute Gasteiger partial charge is 0.590 e. The first-order valence-corrected chi connectivity index (χ1v) is 5.94. The number of pyridine rings is 1. The number of urea groups is 1. The number of benzene rings is 1. The summed E-state index contributed by atoms with van der Waals surface area (Å²) in [4.78, 5) is 12.3. The average molecular weight is 348 g/mol. The van der Waals surface area contributed by atoms with Crippen LogP contribution in [-0.2, 0) is 16.8 Å². The largest absolute Gasteiger partial charge is 2.00 e. The zero-order valence-corrected chi connectivity index (χ0v) is 12.8. The van der Waals surface area contributed by atoms with Crippen LogP contribution in [0, 0.1) is 0 Å². The van der Waals surface area contributed by atoms with Crippen molar-refractivity contribution >= 4 is 12.2 Å². The van der Waals surface area contributed by atoms with E-state index in [1.807, 2.05) is 18.2 Å². The quantitative estimate of drug-likeness (QED) is 0.512. The minimum absolute atomic E-state index is 0. The van der Waals surface area contributed by atoms with Gasteiger partial charge in [0.25, 0.3) is 0 Å². The van der Waals surface area contributed by atoms with Crippen molar-refractivity contribution in [3.05, 3.63) is 59.8 Å². The number of amides is 2. The van der Waals surface area contributed by atoms with Crippen molar-refractivity contribution in [2.24, 2.45) is 10.8 Å². The van der Waals surface area contributed by atoms with Gasteiger partial charge in [0.1, 0.15) is 0 Å². The molecule has 0 fully saturated rings. The number of hydrogen-bond donors (Lipinski definition) is 1. The molecule has 1 radical (unpaired) electrons. The predicted molar refractivity (Wildman–Crippen MR) is 82.4 cm³/mol. The summed E-state index contributed by atoms with van der Waals surface area (Å²) < 4.78 is 4.95. The van der Waals surface area contributed by atoms with Crippen molar-refractivity contribution in [1.29, 1.82) is 0 Å². The number of nitrogens with zero attached hydrogens (tertiary/aromatic N) is 3. The average Bonchev–Trinajstić information content (AvgIpc) is 2.51. The molecule has 0 aliphatic heterocycles. The van der Waals surface area contributed by atoms with Crippen LogP contribution in [0.2, 0.25) is 0 Å². The Balaban J connectivity index is 0.000000529. The van der Waals surface area contributed by atoms with Crippen LogP contribution in [-0.4, -0.2) is 34.2 Å². The maximum absolute atomic E-state index is 8.54. The molecule has 5 N–H and O–H groups in total. The van der Waals surface area contributed by atoms with Crippen LogP contribution < -0.4 is 10.5 Å². The number of ether oxygens (including phenoxy) is 1. The Hall–Kier alpha value is -2.58. The first-order chi connectivity index (χ1) is 10.1. The van der Waals surface area contributed by atoms with Crippen LogP contribution in [0.15, 0.2) is 53.9 Å². The number of primary amides is 1. The monoisotopic (exact) mass is 348 g/mol. The standard InChI is InChI=1S/C9H11N3O3.C5H5N.Co/c1-15-7-4-2-3-6(8(7)13)5-11-12-9(10)14;1-2-4-6-5-3-1;/h2-5H,1H3,(H4,10,11,12,13,14);1-5H;/q;;+2/p+1. The molecule has 0 unspecified atom stereocenters. The number of methoxy groups -OCH3 is 1. The van der Waals surface area contributed by atoms with Crippen LogP contribution in [0.5, 0.6) is 11.5 Å². The third-order valence-corrected chi connectivity index (χ3v) is 2.20. The van der Waals surface area contributed by atoms with Gasteiger partial charge in [-0.3, -0.25) is 20.3 Å². The summed E-state index contributed by atoms with van der Waals surface area (Å²) in [5.41, 5.74) is 8.61. The van der Waals surface area contributed by atoms with E-state index < -0.39 is 6.03 Å². The van der Waals surface area contributed by atoms with E-state index in [0.717, 1.165) is 0 Å². The third kappa shape index (κ3) is 7.27. The van der Waals surface area contributed by atoms with E-state index >= 15 is 0 Å². The summed E-state index contributed by atoms with van der Waals surface area (Å²) in [6.45, 7) is 0. The molecule has 0 atom stereocenters. The van der Waals surface area contributed by atoms with E-state index in [4.69, 9.17) is 20.4 Å². The van der Waals surface area contributed by atoms with E-state index in [2.05, 4.69) is 15.5 Å². The Morgan fingerprint density at radius 3 is 2.45 bits per heavy atom. The molecule has 0 aliphatic rings. The van der Waals surface area contributed by atoms with Gasteiger partial charge < -0.3 is 15.6 Å². The molecule has 117 valence electrons. The van der Waals surface area contributed by atoms with Gasteiger partial charge in [-0.1, -0.05) is 12.1 Å². The van der Waals surface area contributed by atoms with Crippen molar-refractivity contribution < 1.29 is 31.4 Å². The zero-order valence-electron chi connectivity index (χ0n) is 11.8. The Bertz CT molecular complexity index is 567. The number of rotatable bonds is 3. The van der Waals surface area contributed by atoms with Crippen molar-refractivity contribution in [2.45, 2.75) is 0 Å². The molecule has 0 aliphatic carbocycles. The fourth-order valence-corrected chi connectivity index (χ4v) is 1.29. The Morgan fingerprint density at radius 1 is 1.32 bits per heavy atom. The molecule has 7 nitrogen and oxygen atoms in total. The number of carbonyl (C=O) groups excluding carboxylic acids is 1. The van der Waals surface area contributed by atoms with Gasteiger partial charge in [0.05, 0.1) is 12.7 Å². The van der Waals surface area contributed by atoms with Crippen molar-refractivity contribution in [2.75, 3.05) is 7.11 Å². The maximum Gasteiger partial charge on any atom is 2.00 e. The van der Waals surface area contributed by atoms with E-state index in [-0.39, 0.29) is 22.5 Å². The Labute approximate surface area is 138 Å². The van der Waals surface area contributed by atoms with Gasteiger partial charge in [-0.15, -0.1) is 0 Å². The third-order valence-electron chi connectivity index (χ3n) is 2.20. The van der Waals surface area contributed by atoms with E-state index in [0.29, 0.717) is 11.3 Å². The molecule has 22 heavy (non-hydrogen) atoms. The van der Waals surface area contributed by atoms with E-state index in [1.165, 1.54) is 13.3 Å². The van der Waals surface area contributed by atoms with E-state index in [9.17, 15) is 0 Å². The molecule has 1 aromatic heterocycles. The van der Waals surface area contributed by atoms with E-state index in [1.54, 1.807) is 30.6 Å². The molecule has 0 saturated carbocycles. The summed E-state index contributed by atoms with van der Waals surface area (Å²) in [6.07, 6.45) is 4.81. The van der Waals surface area contributed by atoms with Crippen molar-refractivity contribution in [3.8, 4) is 11.5 Å². The molecule has 0 saturated heterocycles. The van der Waals surface area contributed by atoms with Gasteiger partial charge in [0, 0.05) is 18.6 Å². The second-order valence-electron chi connectivity index (χ2n) is 3.65. The molecule has 2 aromatic rings. The van der Waals surface area contributed by atoms with Crippen LogP contribution in [0.25, 0.3) is 5.43 Å². The van der Waals surface area contributed by atoms with Gasteiger partial charge in [0.2, 0.25) is 5.75 Å². The fraction of sp³-hybridized carbons (Fsp3) is 0.0714. The van der Waals surface area contributed by atoms with Gasteiger partial charge in [-0.05, 0) is 24.3 Å². The minimum Gasteiger partial charge on any atom is -0.590 e. The van der Waals surface area contributed by atoms with Crippen LogP contribution in [0.1, 0.15) is 5.56 Å². The summed E-state index contributed by atoms with van der Waals surface area (Å²) in [6, 6.07) is 10.2. The minimum atomic E-state index is -0.624.